The number of β-lactam (4-membered cyclic amide) rings is 1. The van der Waals surface area contributed by atoms with Gasteiger partial charge in [-0.25, -0.2) is 0 Å². The smallest absolute Gasteiger partial charge is 0.252 e. The number of amides is 2. The molecular weight excluding hydrogens is 272 g/mol. The second kappa shape index (κ2) is 5.23. The average Bonchev–Trinajstić information content (AvgIpc) is 2.41. The molecule has 4 N–H and O–H groups in total. The molecule has 0 aromatic carbocycles. The third-order valence-corrected chi connectivity index (χ3v) is 4.39. The highest BCUT2D eigenvalue weighted by molar-refractivity contribution is 5.98. The van der Waals surface area contributed by atoms with E-state index in [1.807, 2.05) is 20.8 Å². The van der Waals surface area contributed by atoms with Gasteiger partial charge in [-0.2, -0.15) is 0 Å². The van der Waals surface area contributed by atoms with Crippen LogP contribution in [-0.2, 0) is 9.59 Å². The number of hydrogen-bond acceptors (Lipinski definition) is 5. The van der Waals surface area contributed by atoms with Crippen molar-refractivity contribution in [3.05, 3.63) is 0 Å². The fourth-order valence-electron chi connectivity index (χ4n) is 2.94. The Morgan fingerprint density at radius 2 is 2.10 bits per heavy atom. The Morgan fingerprint density at radius 1 is 1.48 bits per heavy atom. The number of piperazine rings is 1. The maximum atomic E-state index is 12.7. The minimum Gasteiger partial charge on any atom is -0.391 e. The number of carbonyl (C=O) groups excluding carboxylic acids is 2. The van der Waals surface area contributed by atoms with E-state index in [0.717, 1.165) is 0 Å². The molecule has 0 aromatic rings. The quantitative estimate of drug-likeness (QED) is 0.539. The van der Waals surface area contributed by atoms with Crippen LogP contribution in [0.25, 0.3) is 0 Å². The van der Waals surface area contributed by atoms with Crippen LogP contribution in [-0.4, -0.2) is 76.1 Å². The highest BCUT2D eigenvalue weighted by Crippen LogP contribution is 2.36. The summed E-state index contributed by atoms with van der Waals surface area (Å²) in [6, 6.07) is -0.989. The molecule has 2 aliphatic rings. The van der Waals surface area contributed by atoms with Gasteiger partial charge in [0, 0.05) is 25.2 Å². The molecule has 21 heavy (non-hydrogen) atoms. The molecule has 2 fully saturated rings. The molecule has 2 amide bonds. The van der Waals surface area contributed by atoms with Gasteiger partial charge in [-0.05, 0) is 27.7 Å². The second-order valence-corrected chi connectivity index (χ2v) is 7.03. The zero-order valence-electron chi connectivity index (χ0n) is 13.2. The van der Waals surface area contributed by atoms with E-state index in [1.54, 1.807) is 9.80 Å². The van der Waals surface area contributed by atoms with Gasteiger partial charge in [0.15, 0.2) is 5.54 Å². The van der Waals surface area contributed by atoms with E-state index in [-0.39, 0.29) is 17.4 Å². The zero-order valence-corrected chi connectivity index (χ0v) is 13.2. The van der Waals surface area contributed by atoms with E-state index in [0.29, 0.717) is 26.2 Å². The van der Waals surface area contributed by atoms with Crippen LogP contribution in [0.4, 0.5) is 0 Å². The van der Waals surface area contributed by atoms with Crippen molar-refractivity contribution in [1.29, 1.82) is 0 Å². The van der Waals surface area contributed by atoms with Crippen LogP contribution in [0.3, 0.4) is 0 Å². The van der Waals surface area contributed by atoms with Crippen molar-refractivity contribution >= 4 is 11.8 Å². The number of carbonyl (C=O) groups is 2. The summed E-state index contributed by atoms with van der Waals surface area (Å²) in [6.45, 7) is 9.41. The van der Waals surface area contributed by atoms with Crippen molar-refractivity contribution in [3.63, 3.8) is 0 Å². The summed E-state index contributed by atoms with van der Waals surface area (Å²) in [7, 11) is 0. The number of nitrogens with one attached hydrogen (secondary N) is 1. The normalized spacial score (nSPS) is 29.3. The zero-order chi connectivity index (χ0) is 16.0. The van der Waals surface area contributed by atoms with E-state index in [1.165, 1.54) is 6.92 Å². The number of aliphatic hydroxyl groups excluding tert-OH is 1. The minimum atomic E-state index is -0.989. The van der Waals surface area contributed by atoms with Gasteiger partial charge < -0.3 is 26.0 Å². The van der Waals surface area contributed by atoms with Gasteiger partial charge in [0.2, 0.25) is 5.91 Å². The van der Waals surface area contributed by atoms with Crippen LogP contribution >= 0.6 is 0 Å². The molecule has 0 saturated carbocycles. The van der Waals surface area contributed by atoms with Crippen LogP contribution in [0.5, 0.6) is 0 Å². The number of rotatable bonds is 2. The SMILES string of the molecule is C[C@@H](O)[C@H](N)C(=O)N1CCNCC12CN(C(C)(C)C)C2=O. The molecule has 1 spiro atoms. The van der Waals surface area contributed by atoms with Crippen molar-refractivity contribution in [3.8, 4) is 0 Å². The molecule has 120 valence electrons. The summed E-state index contributed by atoms with van der Waals surface area (Å²) in [4.78, 5) is 28.5. The van der Waals surface area contributed by atoms with Crippen LogP contribution in [0, 0.1) is 0 Å². The van der Waals surface area contributed by atoms with E-state index in [2.05, 4.69) is 5.32 Å². The molecule has 2 saturated heterocycles. The fraction of sp³-hybridized carbons (Fsp3) is 0.857. The molecule has 7 heteroatoms. The average molecular weight is 298 g/mol. The predicted octanol–water partition coefficient (Wildman–Crippen LogP) is -1.49. The third-order valence-electron chi connectivity index (χ3n) is 4.39. The lowest BCUT2D eigenvalue weighted by Gasteiger charge is -2.60. The third kappa shape index (κ3) is 2.54. The van der Waals surface area contributed by atoms with Gasteiger partial charge in [0.1, 0.15) is 6.04 Å². The highest BCUT2D eigenvalue weighted by Gasteiger charge is 2.61. The largest absolute Gasteiger partial charge is 0.391 e. The Balaban J connectivity index is 2.22. The maximum Gasteiger partial charge on any atom is 0.252 e. The van der Waals surface area contributed by atoms with Gasteiger partial charge in [-0.1, -0.05) is 0 Å². The predicted molar refractivity (Wildman–Crippen MR) is 78.4 cm³/mol. The van der Waals surface area contributed by atoms with Gasteiger partial charge in [-0.3, -0.25) is 9.59 Å². The van der Waals surface area contributed by atoms with Gasteiger partial charge >= 0.3 is 0 Å². The summed E-state index contributed by atoms with van der Waals surface area (Å²) in [6.07, 6.45) is -0.932. The first kappa shape index (κ1) is 16.2. The Hall–Kier alpha value is -1.18. The van der Waals surface area contributed by atoms with Crippen molar-refractivity contribution in [1.82, 2.24) is 15.1 Å². The summed E-state index contributed by atoms with van der Waals surface area (Å²) in [5.74, 6) is -0.401. The lowest BCUT2D eigenvalue weighted by molar-refractivity contribution is -0.182. The van der Waals surface area contributed by atoms with Crippen LogP contribution in [0.1, 0.15) is 27.7 Å². The second-order valence-electron chi connectivity index (χ2n) is 7.03. The van der Waals surface area contributed by atoms with Crippen LogP contribution in [0.2, 0.25) is 0 Å². The molecule has 2 heterocycles. The van der Waals surface area contributed by atoms with Gasteiger partial charge in [0.05, 0.1) is 12.6 Å². The van der Waals surface area contributed by atoms with E-state index in [4.69, 9.17) is 5.73 Å². The Morgan fingerprint density at radius 3 is 2.57 bits per heavy atom. The summed E-state index contributed by atoms with van der Waals surface area (Å²) in [5.41, 5.74) is 4.67. The van der Waals surface area contributed by atoms with Crippen molar-refractivity contribution in [2.24, 2.45) is 5.73 Å². The summed E-state index contributed by atoms with van der Waals surface area (Å²) < 4.78 is 0. The van der Waals surface area contributed by atoms with Crippen molar-refractivity contribution in [2.45, 2.75) is 50.9 Å². The Kier molecular flexibility index (Phi) is 4.03. The van der Waals surface area contributed by atoms with Gasteiger partial charge in [0.25, 0.3) is 5.91 Å². The molecule has 7 nitrogen and oxygen atoms in total. The minimum absolute atomic E-state index is 0.0478. The van der Waals surface area contributed by atoms with E-state index in [9.17, 15) is 14.7 Å². The fourth-order valence-corrected chi connectivity index (χ4v) is 2.94. The molecule has 0 radical (unpaired) electrons. The lowest BCUT2D eigenvalue weighted by atomic mass is 9.80. The summed E-state index contributed by atoms with van der Waals surface area (Å²) >= 11 is 0. The molecule has 2 aliphatic heterocycles. The topological polar surface area (TPSA) is 98.9 Å². The first-order valence-corrected chi connectivity index (χ1v) is 7.39. The molecular formula is C14H26N4O3. The standard InChI is InChI=1S/C14H26N4O3/c1-9(19)10(15)11(20)17-6-5-16-7-14(17)8-18(12(14)21)13(2,3)4/h9-10,16,19H,5-8,15H2,1-4H3/t9-,10+,14?/m1/s1. The molecule has 1 unspecified atom stereocenters. The van der Waals surface area contributed by atoms with Gasteiger partial charge in [-0.15, -0.1) is 0 Å². The van der Waals surface area contributed by atoms with Crippen molar-refractivity contribution < 1.29 is 14.7 Å². The van der Waals surface area contributed by atoms with Crippen molar-refractivity contribution in [2.75, 3.05) is 26.2 Å². The molecule has 0 aliphatic carbocycles. The molecule has 0 aromatic heterocycles. The lowest BCUT2D eigenvalue weighted by Crippen LogP contribution is -2.83. The number of likely N-dealkylation sites (tertiary alicyclic amines) is 1. The summed E-state index contributed by atoms with van der Waals surface area (Å²) in [5, 5.41) is 12.7. The molecule has 2 rings (SSSR count). The van der Waals surface area contributed by atoms with E-state index < -0.39 is 17.7 Å². The Labute approximate surface area is 125 Å². The Bertz CT molecular complexity index is 446. The van der Waals surface area contributed by atoms with Crippen LogP contribution in [0.15, 0.2) is 0 Å². The first-order valence-electron chi connectivity index (χ1n) is 7.39. The number of hydrogen-bond donors (Lipinski definition) is 3. The first-order chi connectivity index (χ1) is 9.61. The maximum absolute atomic E-state index is 12.7. The van der Waals surface area contributed by atoms with E-state index >= 15 is 0 Å². The monoisotopic (exact) mass is 298 g/mol. The number of nitrogens with zero attached hydrogens (tertiary/aromatic N) is 2. The molecule has 3 atom stereocenters. The number of aliphatic hydroxyl groups is 1. The van der Waals surface area contributed by atoms with Crippen LogP contribution < -0.4 is 11.1 Å². The number of nitrogens with two attached hydrogens (primary N) is 1. The highest BCUT2D eigenvalue weighted by atomic mass is 16.3. The molecule has 0 bridgehead atoms.